The first-order valence-electron chi connectivity index (χ1n) is 9.11. The first kappa shape index (κ1) is 22.5. The number of amides is 1. The molecule has 0 aromatic heterocycles. The molecule has 0 radical (unpaired) electrons. The highest BCUT2D eigenvalue weighted by molar-refractivity contribution is 5.71. The molecule has 1 atom stereocenters. The molecule has 0 aliphatic carbocycles. The van der Waals surface area contributed by atoms with E-state index in [1.807, 2.05) is 6.08 Å². The van der Waals surface area contributed by atoms with Gasteiger partial charge in [0.05, 0.1) is 6.42 Å². The zero-order valence-electron chi connectivity index (χ0n) is 15.8. The summed E-state index contributed by atoms with van der Waals surface area (Å²) in [4.78, 5) is 22.7. The van der Waals surface area contributed by atoms with Crippen molar-refractivity contribution in [2.45, 2.75) is 97.1 Å². The fraction of sp³-hybridized carbons (Fsp3) is 0.789. The van der Waals surface area contributed by atoms with Crippen molar-refractivity contribution in [3.05, 3.63) is 12.2 Å². The van der Waals surface area contributed by atoms with Gasteiger partial charge >= 0.3 is 12.1 Å². The molecule has 0 spiro atoms. The fourth-order valence-corrected chi connectivity index (χ4v) is 2.30. The lowest BCUT2D eigenvalue weighted by molar-refractivity contribution is -0.137. The molecule has 0 saturated heterocycles. The molecule has 1 amide bonds. The Bertz CT molecular complexity index is 385. The highest BCUT2D eigenvalue weighted by atomic mass is 16.6. The van der Waals surface area contributed by atoms with Crippen LogP contribution >= 0.6 is 0 Å². The van der Waals surface area contributed by atoms with Crippen molar-refractivity contribution in [3.8, 4) is 0 Å². The summed E-state index contributed by atoms with van der Waals surface area (Å²) in [7, 11) is 0. The molecule has 0 aromatic carbocycles. The van der Waals surface area contributed by atoms with E-state index in [-0.39, 0.29) is 6.42 Å². The van der Waals surface area contributed by atoms with Gasteiger partial charge in [-0.15, -0.1) is 0 Å². The molecule has 0 rings (SSSR count). The Balaban J connectivity index is 4.08. The van der Waals surface area contributed by atoms with Gasteiger partial charge in [0.2, 0.25) is 0 Å². The first-order chi connectivity index (χ1) is 11.2. The molecule has 140 valence electrons. The monoisotopic (exact) mass is 341 g/mol. The van der Waals surface area contributed by atoms with Gasteiger partial charge in [-0.25, -0.2) is 4.79 Å². The molecule has 0 unspecified atom stereocenters. The number of hydrogen-bond donors (Lipinski definition) is 2. The number of ether oxygens (including phenoxy) is 1. The van der Waals surface area contributed by atoms with Crippen molar-refractivity contribution < 1.29 is 19.4 Å². The topological polar surface area (TPSA) is 75.6 Å². The van der Waals surface area contributed by atoms with E-state index in [2.05, 4.69) is 18.3 Å². The maximum absolute atomic E-state index is 11.8. The number of carbonyl (C=O) groups excluding carboxylic acids is 1. The Morgan fingerprint density at radius 1 is 1.08 bits per heavy atom. The molecule has 0 aromatic rings. The van der Waals surface area contributed by atoms with Gasteiger partial charge in [-0.2, -0.15) is 0 Å². The van der Waals surface area contributed by atoms with Gasteiger partial charge in [-0.05, 0) is 40.0 Å². The largest absolute Gasteiger partial charge is 0.481 e. The van der Waals surface area contributed by atoms with E-state index in [1.165, 1.54) is 32.1 Å². The number of hydrogen-bond acceptors (Lipinski definition) is 3. The van der Waals surface area contributed by atoms with Crippen LogP contribution in [-0.4, -0.2) is 28.8 Å². The summed E-state index contributed by atoms with van der Waals surface area (Å²) >= 11 is 0. The van der Waals surface area contributed by atoms with Gasteiger partial charge in [-0.1, -0.05) is 51.2 Å². The Morgan fingerprint density at radius 3 is 2.29 bits per heavy atom. The smallest absolute Gasteiger partial charge is 0.407 e. The number of nitrogens with one attached hydrogen (secondary N) is 1. The van der Waals surface area contributed by atoms with Crippen LogP contribution in [0.4, 0.5) is 4.79 Å². The van der Waals surface area contributed by atoms with Crippen molar-refractivity contribution >= 4 is 12.1 Å². The van der Waals surface area contributed by atoms with Crippen LogP contribution in [0.2, 0.25) is 0 Å². The van der Waals surface area contributed by atoms with Crippen LogP contribution in [0.15, 0.2) is 12.2 Å². The molecule has 2 N–H and O–H groups in total. The Hall–Kier alpha value is -1.52. The maximum Gasteiger partial charge on any atom is 0.407 e. The lowest BCUT2D eigenvalue weighted by Crippen LogP contribution is -2.40. The zero-order chi connectivity index (χ0) is 18.4. The number of aliphatic carboxylic acids is 1. The summed E-state index contributed by atoms with van der Waals surface area (Å²) in [5.41, 5.74) is -0.592. The van der Waals surface area contributed by atoms with Gasteiger partial charge in [0.25, 0.3) is 0 Å². The van der Waals surface area contributed by atoms with Crippen molar-refractivity contribution in [1.82, 2.24) is 5.32 Å². The summed E-state index contributed by atoms with van der Waals surface area (Å²) in [5.74, 6) is -0.930. The summed E-state index contributed by atoms with van der Waals surface area (Å²) in [6.07, 6.45) is 12.4. The normalized spacial score (nSPS) is 13.0. The molecule has 0 aliphatic heterocycles. The summed E-state index contributed by atoms with van der Waals surface area (Å²) in [6.45, 7) is 7.54. The molecular weight excluding hydrogens is 306 g/mol. The van der Waals surface area contributed by atoms with E-state index < -0.39 is 23.7 Å². The fourth-order valence-electron chi connectivity index (χ4n) is 2.30. The van der Waals surface area contributed by atoms with E-state index in [0.717, 1.165) is 12.8 Å². The van der Waals surface area contributed by atoms with E-state index in [9.17, 15) is 9.59 Å². The molecule has 0 bridgehead atoms. The van der Waals surface area contributed by atoms with Crippen molar-refractivity contribution in [2.75, 3.05) is 0 Å². The van der Waals surface area contributed by atoms with Crippen molar-refractivity contribution in [3.63, 3.8) is 0 Å². The van der Waals surface area contributed by atoms with Crippen LogP contribution in [0, 0.1) is 0 Å². The number of alkyl carbamates (subject to hydrolysis) is 1. The Labute approximate surface area is 146 Å². The average Bonchev–Trinajstić information content (AvgIpc) is 2.42. The average molecular weight is 341 g/mol. The van der Waals surface area contributed by atoms with Gasteiger partial charge in [0, 0.05) is 6.04 Å². The minimum absolute atomic E-state index is 0.111. The van der Waals surface area contributed by atoms with E-state index in [4.69, 9.17) is 9.84 Å². The number of carbonyl (C=O) groups is 2. The molecular formula is C19H35NO4. The summed E-state index contributed by atoms with van der Waals surface area (Å²) in [6, 6.07) is -0.446. The first-order valence-corrected chi connectivity index (χ1v) is 9.11. The summed E-state index contributed by atoms with van der Waals surface area (Å²) < 4.78 is 5.17. The lowest BCUT2D eigenvalue weighted by atomic mass is 10.1. The van der Waals surface area contributed by atoms with E-state index in [0.29, 0.717) is 6.42 Å². The third-order valence-electron chi connectivity index (χ3n) is 3.45. The molecule has 0 heterocycles. The SMILES string of the molecule is CCCCCCCC/C=C\C[C@H](CC(=O)O)NC(=O)OC(C)(C)C. The highest BCUT2D eigenvalue weighted by Crippen LogP contribution is 2.10. The van der Waals surface area contributed by atoms with Crippen LogP contribution in [0.1, 0.15) is 85.5 Å². The van der Waals surface area contributed by atoms with Gasteiger partial charge in [0.15, 0.2) is 0 Å². The molecule has 24 heavy (non-hydrogen) atoms. The minimum Gasteiger partial charge on any atom is -0.481 e. The number of carboxylic acid groups (broad SMARTS) is 1. The van der Waals surface area contributed by atoms with Crippen LogP contribution in [0.5, 0.6) is 0 Å². The predicted molar refractivity (Wildman–Crippen MR) is 97.2 cm³/mol. The second kappa shape index (κ2) is 12.8. The Kier molecular flexibility index (Phi) is 12.0. The van der Waals surface area contributed by atoms with Crippen LogP contribution in [-0.2, 0) is 9.53 Å². The summed E-state index contributed by atoms with van der Waals surface area (Å²) in [5, 5.41) is 11.6. The highest BCUT2D eigenvalue weighted by Gasteiger charge is 2.20. The van der Waals surface area contributed by atoms with Crippen molar-refractivity contribution in [2.24, 2.45) is 0 Å². The van der Waals surface area contributed by atoms with E-state index >= 15 is 0 Å². The van der Waals surface area contributed by atoms with Crippen LogP contribution in [0.25, 0.3) is 0 Å². The molecule has 5 nitrogen and oxygen atoms in total. The number of carboxylic acids is 1. The number of unbranched alkanes of at least 4 members (excludes halogenated alkanes) is 6. The van der Waals surface area contributed by atoms with Gasteiger partial charge in [0.1, 0.15) is 5.60 Å². The second-order valence-corrected chi connectivity index (χ2v) is 7.20. The third kappa shape index (κ3) is 15.4. The predicted octanol–water partition coefficient (Wildman–Crippen LogP) is 5.05. The number of allylic oxidation sites excluding steroid dienone is 1. The number of rotatable bonds is 12. The molecule has 0 saturated carbocycles. The van der Waals surface area contributed by atoms with Crippen LogP contribution < -0.4 is 5.32 Å². The second-order valence-electron chi connectivity index (χ2n) is 7.20. The Morgan fingerprint density at radius 2 is 1.71 bits per heavy atom. The molecule has 5 heteroatoms. The lowest BCUT2D eigenvalue weighted by Gasteiger charge is -2.22. The standard InChI is InChI=1S/C19H35NO4/c1-5-6-7-8-9-10-11-12-13-14-16(15-17(21)22)20-18(23)24-19(2,3)4/h12-13,16H,5-11,14-15H2,1-4H3,(H,20,23)(H,21,22)/b13-12-/t16-/m1/s1. The van der Waals surface area contributed by atoms with Crippen molar-refractivity contribution in [1.29, 1.82) is 0 Å². The minimum atomic E-state index is -0.930. The molecule has 0 fully saturated rings. The van der Waals surface area contributed by atoms with Gasteiger partial charge in [-0.3, -0.25) is 4.79 Å². The third-order valence-corrected chi connectivity index (χ3v) is 3.45. The van der Waals surface area contributed by atoms with Crippen LogP contribution in [0.3, 0.4) is 0 Å². The van der Waals surface area contributed by atoms with Gasteiger partial charge < -0.3 is 15.2 Å². The quantitative estimate of drug-likeness (QED) is 0.385. The van der Waals surface area contributed by atoms with E-state index in [1.54, 1.807) is 20.8 Å². The molecule has 0 aliphatic rings. The zero-order valence-corrected chi connectivity index (χ0v) is 15.8. The maximum atomic E-state index is 11.8.